The maximum absolute atomic E-state index is 13.3. The predicted octanol–water partition coefficient (Wildman–Crippen LogP) is 10.5. The molecule has 11 rings (SSSR count). The van der Waals surface area contributed by atoms with Gasteiger partial charge in [0.25, 0.3) is 11.8 Å². The number of carbonyl (C=O) groups is 2. The summed E-state index contributed by atoms with van der Waals surface area (Å²) in [5.41, 5.74) is 8.85. The Labute approximate surface area is 295 Å². The third kappa shape index (κ3) is 3.72. The van der Waals surface area contributed by atoms with Gasteiger partial charge in [-0.15, -0.1) is 0 Å². The third-order valence-electron chi connectivity index (χ3n) is 10.5. The van der Waals surface area contributed by atoms with Crippen molar-refractivity contribution in [1.82, 2.24) is 9.13 Å². The number of aromatic nitrogens is 2. The maximum atomic E-state index is 13.3. The summed E-state index contributed by atoms with van der Waals surface area (Å²) < 4.78 is 10.6. The quantitative estimate of drug-likeness (QED) is 0.175. The fourth-order valence-corrected chi connectivity index (χ4v) is 8.19. The largest absolute Gasteiger partial charge is 0.456 e. The van der Waals surface area contributed by atoms with E-state index in [9.17, 15) is 14.9 Å². The number of nitrogens with zero attached hydrogens (tertiary/aromatic N) is 4. The lowest BCUT2D eigenvalue weighted by Crippen LogP contribution is -2.29. The first-order valence-electron chi connectivity index (χ1n) is 17.0. The molecule has 7 nitrogen and oxygen atoms in total. The number of rotatable bonds is 3. The minimum Gasteiger partial charge on any atom is -0.456 e. The van der Waals surface area contributed by atoms with Crippen LogP contribution >= 0.6 is 0 Å². The number of hydrogen-bond donors (Lipinski definition) is 0. The van der Waals surface area contributed by atoms with Gasteiger partial charge in [-0.05, 0) is 78.9 Å². The van der Waals surface area contributed by atoms with Crippen molar-refractivity contribution in [2.45, 2.75) is 0 Å². The highest BCUT2D eigenvalue weighted by Gasteiger charge is 2.36. The molecule has 1 aliphatic heterocycles. The summed E-state index contributed by atoms with van der Waals surface area (Å²) in [6.45, 7) is 0. The smallest absolute Gasteiger partial charge is 0.266 e. The lowest BCUT2D eigenvalue weighted by atomic mass is 10.1. The van der Waals surface area contributed by atoms with Crippen LogP contribution in [-0.4, -0.2) is 20.9 Å². The SMILES string of the molecule is N#Cc1cc(N2C(=O)c3ccccc3C2=O)ccc1-n1c2ccccc2c2cc3c(cc21)c1ccccc1n3-c1ccc2oc3ccccc3c2c1. The van der Waals surface area contributed by atoms with E-state index in [0.717, 1.165) is 76.1 Å². The summed E-state index contributed by atoms with van der Waals surface area (Å²) in [6, 6.07) is 49.9. The van der Waals surface area contributed by atoms with Crippen LogP contribution in [0.4, 0.5) is 5.69 Å². The molecule has 0 N–H and O–H groups in total. The Kier molecular flexibility index (Phi) is 5.63. The first-order chi connectivity index (χ1) is 25.6. The van der Waals surface area contributed by atoms with Gasteiger partial charge in [0.15, 0.2) is 0 Å². The highest BCUT2D eigenvalue weighted by atomic mass is 16.3. The molecule has 4 heterocycles. The molecule has 0 radical (unpaired) electrons. The average molecular weight is 669 g/mol. The number of imide groups is 1. The normalized spacial score (nSPS) is 13.0. The lowest BCUT2D eigenvalue weighted by Gasteiger charge is -2.17. The van der Waals surface area contributed by atoms with Crippen LogP contribution in [0, 0.1) is 11.3 Å². The number of nitriles is 1. The summed E-state index contributed by atoms with van der Waals surface area (Å²) in [5, 5.41) is 16.9. The molecule has 0 unspecified atom stereocenters. The minimum absolute atomic E-state index is 0.347. The highest BCUT2D eigenvalue weighted by molar-refractivity contribution is 6.34. The Bertz CT molecular complexity index is 3230. The summed E-state index contributed by atoms with van der Waals surface area (Å²) in [4.78, 5) is 27.8. The molecule has 0 fully saturated rings. The Hall–Kier alpha value is -7.43. The molecular weight excluding hydrogens is 645 g/mol. The number of para-hydroxylation sites is 3. The second-order valence-electron chi connectivity index (χ2n) is 13.2. The van der Waals surface area contributed by atoms with Crippen LogP contribution in [0.1, 0.15) is 26.3 Å². The topological polar surface area (TPSA) is 84.2 Å². The van der Waals surface area contributed by atoms with E-state index in [0.29, 0.717) is 28.1 Å². The molecular formula is C45H24N4O3. The molecule has 52 heavy (non-hydrogen) atoms. The van der Waals surface area contributed by atoms with Crippen LogP contribution in [0.2, 0.25) is 0 Å². The third-order valence-corrected chi connectivity index (χ3v) is 10.5. The van der Waals surface area contributed by atoms with Crippen LogP contribution in [0.15, 0.2) is 150 Å². The van der Waals surface area contributed by atoms with Crippen LogP contribution in [0.3, 0.4) is 0 Å². The number of amides is 2. The van der Waals surface area contributed by atoms with Crippen molar-refractivity contribution in [2.75, 3.05) is 4.90 Å². The van der Waals surface area contributed by atoms with Crippen LogP contribution in [0.5, 0.6) is 0 Å². The molecule has 0 bridgehead atoms. The second kappa shape index (κ2) is 10.3. The fourth-order valence-electron chi connectivity index (χ4n) is 8.19. The zero-order valence-corrected chi connectivity index (χ0v) is 27.4. The molecule has 0 atom stereocenters. The van der Waals surface area contributed by atoms with Gasteiger partial charge in [0, 0.05) is 38.0 Å². The van der Waals surface area contributed by atoms with Crippen molar-refractivity contribution in [1.29, 1.82) is 5.26 Å². The van der Waals surface area contributed by atoms with Gasteiger partial charge in [-0.25, -0.2) is 4.90 Å². The van der Waals surface area contributed by atoms with E-state index in [-0.39, 0.29) is 0 Å². The van der Waals surface area contributed by atoms with Crippen LogP contribution in [-0.2, 0) is 0 Å². The van der Waals surface area contributed by atoms with E-state index in [1.54, 1.807) is 36.4 Å². The summed E-state index contributed by atoms with van der Waals surface area (Å²) in [6.07, 6.45) is 0. The summed E-state index contributed by atoms with van der Waals surface area (Å²) in [7, 11) is 0. The molecule has 7 heteroatoms. The summed E-state index contributed by atoms with van der Waals surface area (Å²) >= 11 is 0. The van der Waals surface area contributed by atoms with Crippen molar-refractivity contribution >= 4 is 83.1 Å². The molecule has 0 aliphatic carbocycles. The van der Waals surface area contributed by atoms with Gasteiger partial charge in [-0.2, -0.15) is 5.26 Å². The van der Waals surface area contributed by atoms with E-state index in [2.05, 4.69) is 81.9 Å². The lowest BCUT2D eigenvalue weighted by molar-refractivity contribution is 0.0926. The standard InChI is InChI=1S/C45H24N4O3/c46-25-26-21-27(48-44(50)32-12-1-2-13-33(32)45(48)51)17-19-37(26)49-39-15-7-4-10-30(39)35-23-40-34(24-41(35)49)29-9-3-6-14-38(29)47(40)28-18-20-43-36(22-28)31-11-5-8-16-42(31)52-43/h1-24H. The molecule has 242 valence electrons. The van der Waals surface area contributed by atoms with Crippen LogP contribution in [0.25, 0.3) is 76.9 Å². The number of carbonyl (C=O) groups excluding carboxylic acids is 2. The molecule has 0 saturated carbocycles. The van der Waals surface area contributed by atoms with Gasteiger partial charge in [-0.1, -0.05) is 66.7 Å². The molecule has 1 aliphatic rings. The second-order valence-corrected chi connectivity index (χ2v) is 13.2. The van der Waals surface area contributed by atoms with Gasteiger partial charge in [0.2, 0.25) is 0 Å². The highest BCUT2D eigenvalue weighted by Crippen LogP contribution is 2.41. The van der Waals surface area contributed by atoms with Crippen molar-refractivity contribution in [3.63, 3.8) is 0 Å². The summed E-state index contributed by atoms with van der Waals surface area (Å²) in [5.74, 6) is -0.791. The van der Waals surface area contributed by atoms with Crippen molar-refractivity contribution in [3.8, 4) is 17.4 Å². The van der Waals surface area contributed by atoms with Gasteiger partial charge in [0.1, 0.15) is 17.2 Å². The Balaban J connectivity index is 1.15. The van der Waals surface area contributed by atoms with Crippen molar-refractivity contribution in [2.24, 2.45) is 0 Å². The van der Waals surface area contributed by atoms with E-state index >= 15 is 0 Å². The molecule has 7 aromatic carbocycles. The number of furan rings is 1. The monoisotopic (exact) mass is 668 g/mol. The van der Waals surface area contributed by atoms with Gasteiger partial charge >= 0.3 is 0 Å². The first-order valence-corrected chi connectivity index (χ1v) is 17.0. The van der Waals surface area contributed by atoms with Gasteiger partial charge < -0.3 is 13.6 Å². The van der Waals surface area contributed by atoms with Gasteiger partial charge in [-0.3, -0.25) is 9.59 Å². The van der Waals surface area contributed by atoms with E-state index in [4.69, 9.17) is 4.42 Å². The molecule has 2 amide bonds. The van der Waals surface area contributed by atoms with E-state index < -0.39 is 11.8 Å². The average Bonchev–Trinajstić information content (AvgIpc) is 3.90. The van der Waals surface area contributed by atoms with Crippen molar-refractivity contribution in [3.05, 3.63) is 162 Å². The first kappa shape index (κ1) is 28.4. The van der Waals surface area contributed by atoms with E-state index in [1.807, 2.05) is 42.5 Å². The molecule has 10 aromatic rings. The fraction of sp³-hybridized carbons (Fsp3) is 0. The number of hydrogen-bond acceptors (Lipinski definition) is 4. The van der Waals surface area contributed by atoms with Crippen molar-refractivity contribution < 1.29 is 14.0 Å². The zero-order chi connectivity index (χ0) is 34.7. The van der Waals surface area contributed by atoms with Crippen LogP contribution < -0.4 is 4.90 Å². The van der Waals surface area contributed by atoms with E-state index in [1.165, 1.54) is 0 Å². The Morgan fingerprint density at radius 3 is 1.71 bits per heavy atom. The maximum Gasteiger partial charge on any atom is 0.266 e. The number of fused-ring (bicyclic) bond motifs is 10. The molecule has 0 spiro atoms. The zero-order valence-electron chi connectivity index (χ0n) is 27.4. The number of benzene rings is 7. The Morgan fingerprint density at radius 2 is 1.02 bits per heavy atom. The number of anilines is 1. The van der Waals surface area contributed by atoms with Gasteiger partial charge in [0.05, 0.1) is 50.1 Å². The Morgan fingerprint density at radius 1 is 0.462 bits per heavy atom. The molecule has 3 aromatic heterocycles. The predicted molar refractivity (Wildman–Crippen MR) is 205 cm³/mol. The minimum atomic E-state index is -0.395. The molecule has 0 saturated heterocycles.